The molecule has 9 heteroatoms. The predicted octanol–water partition coefficient (Wildman–Crippen LogP) is 3.24. The van der Waals surface area contributed by atoms with Crippen LogP contribution in [0.25, 0.3) is 0 Å². The van der Waals surface area contributed by atoms with Crippen LogP contribution in [0.2, 0.25) is 0 Å². The molecule has 0 bridgehead atoms. The highest BCUT2D eigenvalue weighted by molar-refractivity contribution is 5.72. The zero-order valence-electron chi connectivity index (χ0n) is 24.0. The SMILES string of the molecule is CC[C@]12C=CCN3CC[C@@]4(c5ccc(OC)cc5N(C)[C@H]4C(O)(COC(=O)NCCC(C)C)[C@@H]1OC(C)=O)[C@@H]32. The number of benzene rings is 1. The molecule has 2 fully saturated rings. The Labute approximate surface area is 231 Å². The van der Waals surface area contributed by atoms with E-state index < -0.39 is 40.6 Å². The lowest BCUT2D eigenvalue weighted by Gasteiger charge is -2.64. The van der Waals surface area contributed by atoms with Gasteiger partial charge in [0.15, 0.2) is 5.60 Å². The number of likely N-dealkylation sites (N-methyl/N-ethyl adjacent to an activating group) is 1. The molecule has 1 aromatic rings. The Morgan fingerprint density at radius 2 is 2.03 bits per heavy atom. The van der Waals surface area contributed by atoms with E-state index >= 15 is 0 Å². The summed E-state index contributed by atoms with van der Waals surface area (Å²) in [6, 6.07) is 5.61. The third-order valence-corrected chi connectivity index (χ3v) is 9.64. The maximum Gasteiger partial charge on any atom is 0.407 e. The number of rotatable bonds is 8. The maximum atomic E-state index is 12.9. The lowest BCUT2D eigenvalue weighted by Crippen LogP contribution is -2.80. The van der Waals surface area contributed by atoms with E-state index in [4.69, 9.17) is 14.2 Å². The van der Waals surface area contributed by atoms with Crippen LogP contribution in [-0.2, 0) is 19.7 Å². The van der Waals surface area contributed by atoms with E-state index in [0.29, 0.717) is 18.9 Å². The molecule has 1 unspecified atom stereocenters. The van der Waals surface area contributed by atoms with Crippen molar-refractivity contribution in [1.29, 1.82) is 0 Å². The van der Waals surface area contributed by atoms with Crippen LogP contribution in [0, 0.1) is 11.3 Å². The Morgan fingerprint density at radius 1 is 1.26 bits per heavy atom. The quantitative estimate of drug-likeness (QED) is 0.382. The number of fused-ring (bicyclic) bond motifs is 1. The number of alkyl carbamates (subject to hydrolysis) is 1. The van der Waals surface area contributed by atoms with E-state index in [1.54, 1.807) is 7.11 Å². The average molecular weight is 542 g/mol. The van der Waals surface area contributed by atoms with Gasteiger partial charge in [0, 0.05) is 55.7 Å². The van der Waals surface area contributed by atoms with Crippen molar-refractivity contribution >= 4 is 17.7 Å². The topological polar surface area (TPSA) is 101 Å². The highest BCUT2D eigenvalue weighted by atomic mass is 16.6. The van der Waals surface area contributed by atoms with E-state index in [2.05, 4.69) is 54.1 Å². The van der Waals surface area contributed by atoms with Gasteiger partial charge in [0.1, 0.15) is 18.5 Å². The number of methoxy groups -OCH3 is 1. The largest absolute Gasteiger partial charge is 0.497 e. The van der Waals surface area contributed by atoms with Crippen molar-refractivity contribution in [3.8, 4) is 5.75 Å². The van der Waals surface area contributed by atoms with Gasteiger partial charge in [-0.1, -0.05) is 39.0 Å². The van der Waals surface area contributed by atoms with Crippen LogP contribution in [0.3, 0.4) is 0 Å². The molecule has 1 amide bonds. The summed E-state index contributed by atoms with van der Waals surface area (Å²) in [5.41, 5.74) is -0.709. The van der Waals surface area contributed by atoms with E-state index in [1.807, 2.05) is 19.2 Å². The predicted molar refractivity (Wildman–Crippen MR) is 148 cm³/mol. The molecule has 1 saturated carbocycles. The van der Waals surface area contributed by atoms with Gasteiger partial charge >= 0.3 is 12.1 Å². The van der Waals surface area contributed by atoms with Crippen molar-refractivity contribution in [3.63, 3.8) is 0 Å². The van der Waals surface area contributed by atoms with Crippen molar-refractivity contribution in [1.82, 2.24) is 10.2 Å². The summed E-state index contributed by atoms with van der Waals surface area (Å²) in [6.45, 7) is 9.48. The Kier molecular flexibility index (Phi) is 7.12. The van der Waals surface area contributed by atoms with Crippen LogP contribution in [0.5, 0.6) is 5.75 Å². The molecule has 39 heavy (non-hydrogen) atoms. The number of anilines is 1. The molecule has 6 atom stereocenters. The van der Waals surface area contributed by atoms with Crippen molar-refractivity contribution in [2.75, 3.05) is 45.3 Å². The van der Waals surface area contributed by atoms with Crippen LogP contribution in [0.15, 0.2) is 30.4 Å². The van der Waals surface area contributed by atoms with Gasteiger partial charge in [-0.25, -0.2) is 4.79 Å². The number of nitrogens with zero attached hydrogens (tertiary/aromatic N) is 2. The van der Waals surface area contributed by atoms with Gasteiger partial charge in [0.25, 0.3) is 0 Å². The third-order valence-electron chi connectivity index (χ3n) is 9.64. The smallest absolute Gasteiger partial charge is 0.407 e. The molecule has 1 aliphatic carbocycles. The zero-order chi connectivity index (χ0) is 28.2. The second kappa shape index (κ2) is 10.0. The Hall–Kier alpha value is -2.78. The van der Waals surface area contributed by atoms with Crippen LogP contribution in [0.4, 0.5) is 10.5 Å². The van der Waals surface area contributed by atoms with Gasteiger partial charge in [-0.3, -0.25) is 9.69 Å². The highest BCUT2D eigenvalue weighted by Gasteiger charge is 2.78. The fourth-order valence-corrected chi connectivity index (χ4v) is 8.30. The summed E-state index contributed by atoms with van der Waals surface area (Å²) in [4.78, 5) is 30.0. The minimum absolute atomic E-state index is 0.00779. The van der Waals surface area contributed by atoms with E-state index in [1.165, 1.54) is 6.92 Å². The molecule has 1 saturated heterocycles. The summed E-state index contributed by atoms with van der Waals surface area (Å²) >= 11 is 0. The van der Waals surface area contributed by atoms with E-state index in [-0.39, 0.29) is 12.6 Å². The Bertz CT molecular complexity index is 1160. The van der Waals surface area contributed by atoms with Crippen LogP contribution >= 0.6 is 0 Å². The van der Waals surface area contributed by atoms with Gasteiger partial charge in [-0.2, -0.15) is 0 Å². The molecular weight excluding hydrogens is 498 g/mol. The molecule has 4 aliphatic rings. The standard InChI is InChI=1S/C30H43N3O6/c1-7-28-12-8-15-33-16-13-29(24(28)33)22-10-9-21(37-6)17-23(22)32(5)25(29)30(36,26(28)39-20(4)34)18-38-27(35)31-14-11-19(2)3/h8-10,12,17,19,24-26,36H,7,11,13-16,18H2,1-6H3,(H,31,35)/t24-,25+,26+,28+,29+,30?/m0/s1. The van der Waals surface area contributed by atoms with E-state index in [0.717, 1.165) is 42.9 Å². The second-order valence-corrected chi connectivity index (χ2v) is 12.1. The minimum Gasteiger partial charge on any atom is -0.497 e. The molecule has 3 heterocycles. The third kappa shape index (κ3) is 4.03. The number of hydrogen-bond donors (Lipinski definition) is 2. The van der Waals surface area contributed by atoms with E-state index in [9.17, 15) is 14.7 Å². The molecule has 9 nitrogen and oxygen atoms in total. The van der Waals surface area contributed by atoms with Gasteiger partial charge in [-0.05, 0) is 43.4 Å². The average Bonchev–Trinajstić information content (AvgIpc) is 3.41. The normalized spacial score (nSPS) is 34.4. The van der Waals surface area contributed by atoms with Crippen molar-refractivity contribution < 1.29 is 28.9 Å². The highest BCUT2D eigenvalue weighted by Crippen LogP contribution is 2.67. The van der Waals surface area contributed by atoms with Gasteiger partial charge in [0.05, 0.1) is 13.2 Å². The number of esters is 1. The Morgan fingerprint density at radius 3 is 2.69 bits per heavy atom. The number of ether oxygens (including phenoxy) is 3. The van der Waals surface area contributed by atoms with Crippen LogP contribution in [0.1, 0.15) is 52.5 Å². The molecule has 2 N–H and O–H groups in total. The minimum atomic E-state index is -1.69. The first kappa shape index (κ1) is 27.8. The molecule has 0 aromatic heterocycles. The number of aliphatic hydroxyl groups is 1. The summed E-state index contributed by atoms with van der Waals surface area (Å²) < 4.78 is 17.4. The summed E-state index contributed by atoms with van der Waals surface area (Å²) in [7, 11) is 3.61. The monoisotopic (exact) mass is 541 g/mol. The number of nitrogens with one attached hydrogen (secondary N) is 1. The fourth-order valence-electron chi connectivity index (χ4n) is 8.30. The number of hydrogen-bond acceptors (Lipinski definition) is 8. The Balaban J connectivity index is 1.65. The summed E-state index contributed by atoms with van der Waals surface area (Å²) in [5, 5.41) is 15.7. The molecule has 5 rings (SSSR count). The van der Waals surface area contributed by atoms with Crippen molar-refractivity contribution in [2.24, 2.45) is 11.3 Å². The molecule has 214 valence electrons. The van der Waals surface area contributed by atoms with Crippen molar-refractivity contribution in [2.45, 2.75) is 76.2 Å². The zero-order valence-corrected chi connectivity index (χ0v) is 24.0. The molecule has 3 aliphatic heterocycles. The lowest BCUT2D eigenvalue weighted by atomic mass is 9.48. The first-order valence-corrected chi connectivity index (χ1v) is 14.2. The first-order valence-electron chi connectivity index (χ1n) is 14.2. The van der Waals surface area contributed by atoms with Crippen LogP contribution in [-0.4, -0.2) is 86.3 Å². The van der Waals surface area contributed by atoms with Gasteiger partial charge in [-0.15, -0.1) is 0 Å². The lowest BCUT2D eigenvalue weighted by molar-refractivity contribution is -0.228. The van der Waals surface area contributed by atoms with Crippen molar-refractivity contribution in [3.05, 3.63) is 35.9 Å². The fraction of sp³-hybridized carbons (Fsp3) is 0.667. The molecular formula is C30H43N3O6. The molecule has 1 aromatic carbocycles. The summed E-state index contributed by atoms with van der Waals surface area (Å²) in [6.07, 6.45) is 5.07. The molecule has 0 radical (unpaired) electrons. The number of amides is 1. The first-order chi connectivity index (χ1) is 18.5. The van der Waals surface area contributed by atoms with Gasteiger partial charge in [0.2, 0.25) is 0 Å². The van der Waals surface area contributed by atoms with Crippen LogP contribution < -0.4 is 15.0 Å². The number of carbonyl (C=O) groups is 2. The second-order valence-electron chi connectivity index (χ2n) is 12.1. The van der Waals surface area contributed by atoms with Gasteiger partial charge < -0.3 is 29.5 Å². The summed E-state index contributed by atoms with van der Waals surface area (Å²) in [5.74, 6) is 0.702. The molecule has 1 spiro atoms. The number of carbonyl (C=O) groups excluding carboxylic acids is 2. The maximum absolute atomic E-state index is 12.9.